The molecule has 0 radical (unpaired) electrons. The first kappa shape index (κ1) is 12.0. The minimum atomic E-state index is -0.464. The van der Waals surface area contributed by atoms with Gasteiger partial charge in [0.15, 0.2) is 12.1 Å². The molecule has 0 saturated carbocycles. The highest BCUT2D eigenvalue weighted by atomic mass is 16.7. The standard InChI is InChI=1S/C14H16O3/c1-3-7-12-13(15)10(2)16-14(17-12)11-8-5-4-6-9-11/h3-6,8-10,12,14H,1,7H2,2H3/t10-,12-,14+/m1/s1. The molecule has 1 aliphatic rings. The molecule has 0 amide bonds. The van der Waals surface area contributed by atoms with E-state index in [-0.39, 0.29) is 5.78 Å². The third-order valence-electron chi connectivity index (χ3n) is 2.79. The number of rotatable bonds is 3. The lowest BCUT2D eigenvalue weighted by molar-refractivity contribution is -0.230. The van der Waals surface area contributed by atoms with E-state index in [1.54, 1.807) is 13.0 Å². The van der Waals surface area contributed by atoms with E-state index < -0.39 is 18.5 Å². The molecule has 3 nitrogen and oxygen atoms in total. The zero-order valence-electron chi connectivity index (χ0n) is 9.84. The highest BCUT2D eigenvalue weighted by Crippen LogP contribution is 2.29. The topological polar surface area (TPSA) is 35.5 Å². The molecule has 0 bridgehead atoms. The van der Waals surface area contributed by atoms with Crippen molar-refractivity contribution in [3.05, 3.63) is 48.6 Å². The monoisotopic (exact) mass is 232 g/mol. The van der Waals surface area contributed by atoms with Crippen LogP contribution < -0.4 is 0 Å². The van der Waals surface area contributed by atoms with Gasteiger partial charge < -0.3 is 9.47 Å². The molecule has 2 rings (SSSR count). The van der Waals surface area contributed by atoms with Crippen LogP contribution in [0.1, 0.15) is 25.2 Å². The van der Waals surface area contributed by atoms with Gasteiger partial charge in [0.25, 0.3) is 0 Å². The van der Waals surface area contributed by atoms with Crippen molar-refractivity contribution in [3.8, 4) is 0 Å². The van der Waals surface area contributed by atoms with Crippen molar-refractivity contribution in [1.82, 2.24) is 0 Å². The highest BCUT2D eigenvalue weighted by Gasteiger charge is 2.35. The molecule has 1 heterocycles. The summed E-state index contributed by atoms with van der Waals surface area (Å²) < 4.78 is 11.2. The zero-order chi connectivity index (χ0) is 12.3. The van der Waals surface area contributed by atoms with Gasteiger partial charge in [-0.05, 0) is 13.3 Å². The van der Waals surface area contributed by atoms with Crippen LogP contribution in [0, 0.1) is 0 Å². The maximum Gasteiger partial charge on any atom is 0.190 e. The number of carbonyl (C=O) groups excluding carboxylic acids is 1. The number of ether oxygens (including phenoxy) is 2. The van der Waals surface area contributed by atoms with Gasteiger partial charge in [-0.1, -0.05) is 36.4 Å². The van der Waals surface area contributed by atoms with Crippen LogP contribution in [0.5, 0.6) is 0 Å². The van der Waals surface area contributed by atoms with Gasteiger partial charge in [0.2, 0.25) is 0 Å². The fraction of sp³-hybridized carbons (Fsp3) is 0.357. The molecule has 1 saturated heterocycles. The maximum absolute atomic E-state index is 11.8. The summed E-state index contributed by atoms with van der Waals surface area (Å²) in [6.45, 7) is 5.40. The number of hydrogen-bond acceptors (Lipinski definition) is 3. The molecule has 0 aromatic heterocycles. The molecule has 0 spiro atoms. The Morgan fingerprint density at radius 1 is 1.29 bits per heavy atom. The molecule has 3 atom stereocenters. The summed E-state index contributed by atoms with van der Waals surface area (Å²) in [6.07, 6.45) is 0.882. The van der Waals surface area contributed by atoms with Crippen LogP contribution in [0.15, 0.2) is 43.0 Å². The Hall–Kier alpha value is -1.45. The second-order valence-electron chi connectivity index (χ2n) is 4.07. The Bertz CT molecular complexity index is 399. The Morgan fingerprint density at radius 3 is 2.65 bits per heavy atom. The highest BCUT2D eigenvalue weighted by molar-refractivity contribution is 5.87. The predicted molar refractivity (Wildman–Crippen MR) is 64.4 cm³/mol. The van der Waals surface area contributed by atoms with Gasteiger partial charge in [-0.3, -0.25) is 4.79 Å². The molecular formula is C14H16O3. The van der Waals surface area contributed by atoms with E-state index in [9.17, 15) is 4.79 Å². The molecule has 1 aliphatic heterocycles. The van der Waals surface area contributed by atoms with E-state index in [1.807, 2.05) is 30.3 Å². The van der Waals surface area contributed by atoms with Crippen molar-refractivity contribution in [2.24, 2.45) is 0 Å². The molecule has 0 aliphatic carbocycles. The van der Waals surface area contributed by atoms with E-state index >= 15 is 0 Å². The lowest BCUT2D eigenvalue weighted by atomic mass is 10.1. The largest absolute Gasteiger partial charge is 0.337 e. The summed E-state index contributed by atoms with van der Waals surface area (Å²) in [4.78, 5) is 11.8. The smallest absolute Gasteiger partial charge is 0.190 e. The minimum absolute atomic E-state index is 0.0166. The number of hydrogen-bond donors (Lipinski definition) is 0. The van der Waals surface area contributed by atoms with Crippen LogP contribution in [0.25, 0.3) is 0 Å². The molecule has 1 fully saturated rings. The molecule has 17 heavy (non-hydrogen) atoms. The first-order valence-corrected chi connectivity index (χ1v) is 5.73. The Labute approximate surface area is 101 Å². The minimum Gasteiger partial charge on any atom is -0.337 e. The van der Waals surface area contributed by atoms with Gasteiger partial charge >= 0.3 is 0 Å². The predicted octanol–water partition coefficient (Wildman–Crippen LogP) is 2.63. The van der Waals surface area contributed by atoms with Gasteiger partial charge in [-0.2, -0.15) is 0 Å². The summed E-state index contributed by atoms with van der Waals surface area (Å²) in [5.74, 6) is -0.0166. The summed E-state index contributed by atoms with van der Waals surface area (Å²) >= 11 is 0. The number of carbonyl (C=O) groups is 1. The Kier molecular flexibility index (Phi) is 3.71. The van der Waals surface area contributed by atoms with E-state index in [2.05, 4.69) is 6.58 Å². The second-order valence-corrected chi connectivity index (χ2v) is 4.07. The first-order chi connectivity index (χ1) is 8.22. The van der Waals surface area contributed by atoms with Crippen molar-refractivity contribution in [2.75, 3.05) is 0 Å². The van der Waals surface area contributed by atoms with E-state index in [4.69, 9.17) is 9.47 Å². The number of ketones is 1. The van der Waals surface area contributed by atoms with Crippen LogP contribution in [0.4, 0.5) is 0 Å². The van der Waals surface area contributed by atoms with Gasteiger partial charge in [-0.25, -0.2) is 0 Å². The zero-order valence-corrected chi connectivity index (χ0v) is 9.84. The summed E-state index contributed by atoms with van der Waals surface area (Å²) in [5, 5.41) is 0. The van der Waals surface area contributed by atoms with Gasteiger partial charge in [-0.15, -0.1) is 6.58 Å². The van der Waals surface area contributed by atoms with Crippen LogP contribution in [-0.2, 0) is 14.3 Å². The van der Waals surface area contributed by atoms with Crippen molar-refractivity contribution < 1.29 is 14.3 Å². The van der Waals surface area contributed by atoms with Crippen molar-refractivity contribution in [1.29, 1.82) is 0 Å². The number of Topliss-reactive ketones (excluding diaryl/α,β-unsaturated/α-hetero) is 1. The SMILES string of the molecule is C=CC[C@H]1O[C@@H](c2ccccc2)O[C@H](C)C1=O. The lowest BCUT2D eigenvalue weighted by Gasteiger charge is -2.32. The normalized spacial score (nSPS) is 29.0. The fourth-order valence-corrected chi connectivity index (χ4v) is 1.85. The Balaban J connectivity index is 2.15. The summed E-state index contributed by atoms with van der Waals surface area (Å²) in [5.41, 5.74) is 0.931. The molecule has 90 valence electrons. The molecule has 1 aromatic rings. The van der Waals surface area contributed by atoms with Crippen molar-refractivity contribution in [2.45, 2.75) is 31.8 Å². The van der Waals surface area contributed by atoms with Crippen LogP contribution in [-0.4, -0.2) is 18.0 Å². The number of benzene rings is 1. The third-order valence-corrected chi connectivity index (χ3v) is 2.79. The van der Waals surface area contributed by atoms with Crippen molar-refractivity contribution in [3.63, 3.8) is 0 Å². The van der Waals surface area contributed by atoms with Crippen LogP contribution >= 0.6 is 0 Å². The quantitative estimate of drug-likeness (QED) is 0.751. The molecule has 0 N–H and O–H groups in total. The maximum atomic E-state index is 11.8. The van der Waals surface area contributed by atoms with E-state index in [0.29, 0.717) is 6.42 Å². The average molecular weight is 232 g/mol. The van der Waals surface area contributed by atoms with Gasteiger partial charge in [0.1, 0.15) is 12.2 Å². The van der Waals surface area contributed by atoms with E-state index in [1.165, 1.54) is 0 Å². The second kappa shape index (κ2) is 5.25. The third kappa shape index (κ3) is 2.62. The van der Waals surface area contributed by atoms with Gasteiger partial charge in [0, 0.05) is 5.56 Å². The lowest BCUT2D eigenvalue weighted by Crippen LogP contribution is -2.41. The molecule has 0 unspecified atom stereocenters. The fourth-order valence-electron chi connectivity index (χ4n) is 1.85. The summed E-state index contributed by atoms with van der Waals surface area (Å²) in [6, 6.07) is 9.63. The Morgan fingerprint density at radius 2 is 2.00 bits per heavy atom. The van der Waals surface area contributed by atoms with Gasteiger partial charge in [0.05, 0.1) is 0 Å². The van der Waals surface area contributed by atoms with E-state index in [0.717, 1.165) is 5.56 Å². The van der Waals surface area contributed by atoms with Crippen LogP contribution in [0.3, 0.4) is 0 Å². The molecular weight excluding hydrogens is 216 g/mol. The molecule has 3 heteroatoms. The molecule has 1 aromatic carbocycles. The summed E-state index contributed by atoms with van der Waals surface area (Å²) in [7, 11) is 0. The average Bonchev–Trinajstić information content (AvgIpc) is 2.36. The first-order valence-electron chi connectivity index (χ1n) is 5.73. The van der Waals surface area contributed by atoms with Crippen LogP contribution in [0.2, 0.25) is 0 Å². The van der Waals surface area contributed by atoms with Crippen molar-refractivity contribution >= 4 is 5.78 Å².